The number of hydrogen-bond acceptors (Lipinski definition) is 20. The van der Waals surface area contributed by atoms with Crippen molar-refractivity contribution < 1.29 is 109 Å². The maximum Gasteiger partial charge on any atom is 2.00 e. The maximum absolute atomic E-state index is 15.5. The minimum absolute atomic E-state index is 0. The van der Waals surface area contributed by atoms with Gasteiger partial charge < -0.3 is 18.9 Å². The Kier molecular flexibility index (Phi) is 18.3. The molecule has 15 rings (SSSR count). The van der Waals surface area contributed by atoms with Gasteiger partial charge in [0.05, 0.1) is 26.2 Å². The number of carbonyl (C=O) groups is 8. The number of ether oxygens (including phenoxy) is 4. The summed E-state index contributed by atoms with van der Waals surface area (Å²) < 4.78 is 156. The Morgan fingerprint density at radius 2 is 0.571 bits per heavy atom. The van der Waals surface area contributed by atoms with E-state index in [9.17, 15) is 51.9 Å². The molecule has 510 valence electrons. The van der Waals surface area contributed by atoms with Crippen LogP contribution in [0.2, 0.25) is 0 Å². The molecule has 12 saturated heterocycles. The number of fused-ring (bicyclic) bond motifs is 2. The Bertz CT molecular complexity index is 4030. The van der Waals surface area contributed by atoms with Gasteiger partial charge in [-0.25, -0.2) is 38.4 Å². The van der Waals surface area contributed by atoms with Gasteiger partial charge in [-0.15, -0.1) is 0 Å². The molecular weight excluding hydrogens is 1430 g/mol. The molecule has 0 atom stereocenters. The Morgan fingerprint density at radius 3 is 0.827 bits per heavy atom. The van der Waals surface area contributed by atoms with Gasteiger partial charge in [0.15, 0.2) is 47.3 Å². The fourth-order valence-corrected chi connectivity index (χ4v) is 17.7. The van der Waals surface area contributed by atoms with Crippen LogP contribution in [0, 0.1) is 0 Å². The van der Waals surface area contributed by atoms with E-state index in [1.807, 2.05) is 0 Å². The average Bonchev–Trinajstić information content (AvgIpc) is 1.50. The van der Waals surface area contributed by atoms with Crippen LogP contribution in [0.3, 0.4) is 0 Å². The van der Waals surface area contributed by atoms with Crippen molar-refractivity contribution in [1.82, 2.24) is 78.4 Å². The van der Waals surface area contributed by atoms with Crippen LogP contribution < -0.4 is 9.47 Å². The third-order valence-corrected chi connectivity index (χ3v) is 24.1. The minimum Gasteiger partial charge on any atom is -0.496 e. The van der Waals surface area contributed by atoms with Gasteiger partial charge in [-0.1, -0.05) is 0 Å². The molecule has 98 heavy (non-hydrogen) atoms. The maximum atomic E-state index is 15.5. The van der Waals surface area contributed by atoms with Crippen LogP contribution in [0.15, 0.2) is 34.8 Å². The molecule has 40 nitrogen and oxygen atoms in total. The van der Waals surface area contributed by atoms with Crippen molar-refractivity contribution >= 4 is 181 Å². The van der Waals surface area contributed by atoms with Gasteiger partial charge in [0.25, 0.3) is 40.5 Å². The van der Waals surface area contributed by atoms with Gasteiger partial charge in [0.2, 0.25) is 0 Å². The summed E-state index contributed by atoms with van der Waals surface area (Å²) in [5, 5.41) is 0. The quantitative estimate of drug-likeness (QED) is 0.0930. The topological polar surface area (TPSA) is 443 Å². The van der Waals surface area contributed by atoms with E-state index in [0.29, 0.717) is 0 Å². The van der Waals surface area contributed by atoms with Crippen LogP contribution in [-0.2, 0) is 63.0 Å². The molecule has 14 aliphatic rings. The first-order chi connectivity index (χ1) is 43.9. The van der Waals surface area contributed by atoms with Crippen molar-refractivity contribution in [3.8, 4) is 11.5 Å². The molecule has 13 heterocycles. The summed E-state index contributed by atoms with van der Waals surface area (Å²) in [5.41, 5.74) is -6.00. The second kappa shape index (κ2) is 24.2. The van der Waals surface area contributed by atoms with Crippen molar-refractivity contribution in [2.45, 2.75) is 101 Å². The van der Waals surface area contributed by atoms with Crippen molar-refractivity contribution in [2.24, 2.45) is 0 Å². The van der Waals surface area contributed by atoms with Gasteiger partial charge in [0, 0.05) is 35.1 Å². The number of amides is 16. The fraction of sp³-hybridized carbons (Fsp3) is 0.640. The zero-order valence-corrected chi connectivity index (χ0v) is 62.1. The zero-order chi connectivity index (χ0) is 67.2. The van der Waals surface area contributed by atoms with Crippen molar-refractivity contribution in [3.63, 3.8) is 0 Å². The molecule has 16 amide bonds. The summed E-state index contributed by atoms with van der Waals surface area (Å²) in [6, 6.07) is -3.33. The van der Waals surface area contributed by atoms with Gasteiger partial charge >= 0.3 is 140 Å². The molecule has 0 aromatic heterocycles. The Morgan fingerprint density at radius 1 is 0.347 bits per heavy atom. The normalized spacial score (nSPS) is 30.2. The van der Waals surface area contributed by atoms with Gasteiger partial charge in [-0.3, -0.25) is 96.6 Å². The summed E-state index contributed by atoms with van der Waals surface area (Å²) in [4.78, 5) is 145. The second-order valence-corrected chi connectivity index (χ2v) is 31.8. The first kappa shape index (κ1) is 74.0. The standard InChI is InChI=1S/C50H62N16O24S4.4Mg/c1-47-49(3)63-23-55-37-35-51(39(55)67)21-53-36-38-57(41(53)69)25-65-45(73)61-19-29-30(34(90-12-16-94(84,85)86)8-7-33(29)89-11-15-93(81,82)83)20-62-46(74)66(50(65,4)48(61,62)2)26-58(38)42(70)54(36)22-52(35)40(68)56(37)24-64(49)44(72)60(47)18-28-27(17-59(47)43(63)71)31(87-9-13-91(75,76)77)5-6-32(28)88-10-14-92(78,79)80;;;;/h5-6,35-38H,7-26H2,1-4H3,(H,75,76,77)(H,78,79,80)(H,81,82,83)(H,84,85,86);;;;/q;4*+2. The Labute approximate surface area is 624 Å². The molecule has 1 aliphatic carbocycles. The summed E-state index contributed by atoms with van der Waals surface area (Å²) in [5.74, 6) is -2.96. The molecule has 12 fully saturated rings. The molecule has 1 aromatic carbocycles. The number of carbonyl (C=O) groups excluding carboxylic acids is 8. The first-order valence-corrected chi connectivity index (χ1v) is 35.9. The molecule has 13 aliphatic heterocycles. The van der Waals surface area contributed by atoms with E-state index in [0.717, 1.165) is 0 Å². The van der Waals surface area contributed by atoms with E-state index < -0.39 is 225 Å². The third kappa shape index (κ3) is 10.3. The summed E-state index contributed by atoms with van der Waals surface area (Å²) in [6.45, 7) is -0.774. The molecule has 4 N–H and O–H groups in total. The van der Waals surface area contributed by atoms with E-state index in [1.165, 1.54) is 90.5 Å². The minimum atomic E-state index is -4.54. The monoisotopic (exact) mass is 1490 g/mol. The van der Waals surface area contributed by atoms with E-state index in [-0.39, 0.29) is 177 Å². The van der Waals surface area contributed by atoms with Crippen LogP contribution in [0.25, 0.3) is 0 Å². The molecule has 0 saturated carbocycles. The number of hydrogen-bond donors (Lipinski definition) is 4. The summed E-state index contributed by atoms with van der Waals surface area (Å²) in [7, 11) is -18.1. The van der Waals surface area contributed by atoms with E-state index >= 15 is 38.4 Å². The number of benzene rings is 1. The zero-order valence-electron chi connectivity index (χ0n) is 53.2. The van der Waals surface area contributed by atoms with Crippen LogP contribution in [0.5, 0.6) is 11.5 Å². The van der Waals surface area contributed by atoms with Crippen LogP contribution in [0.1, 0.15) is 51.7 Å². The fourth-order valence-electron chi connectivity index (χ4n) is 16.5. The first-order valence-electron chi connectivity index (χ1n) is 29.5. The predicted molar refractivity (Wildman–Crippen MR) is 329 cm³/mol. The number of nitrogens with zero attached hydrogens (tertiary/aromatic N) is 16. The third-order valence-electron chi connectivity index (χ3n) is 21.3. The van der Waals surface area contributed by atoms with E-state index in [4.69, 9.17) is 18.9 Å². The van der Waals surface area contributed by atoms with Crippen LogP contribution in [-0.4, -0.2) is 421 Å². The van der Waals surface area contributed by atoms with Gasteiger partial charge in [-0.2, -0.15) is 33.7 Å². The molecular formula is C50H62Mg4N16O24S4+8. The molecule has 48 heteroatoms. The molecule has 0 unspecified atom stereocenters. The van der Waals surface area contributed by atoms with Crippen molar-refractivity contribution in [1.29, 1.82) is 0 Å². The molecule has 0 spiro atoms. The Hall–Kier alpha value is -5.24. The summed E-state index contributed by atoms with van der Waals surface area (Å²) in [6.07, 6.45) is -5.20. The number of allylic oxidation sites excluding steroid dienone is 2. The Balaban J connectivity index is 0.00000243. The largest absolute Gasteiger partial charge is 2.00 e. The smallest absolute Gasteiger partial charge is 0.496 e. The SMILES string of the molecule is CC12N3CC4=C(OCCS(=O)(=O)O)CCC(OCCS(=O)(=O)O)=C4CN1C(=O)N1CN4C(=O)N5CN6C(=O)N7CN8C(=O)N9Cc%10c(OCCS(=O)(=O)O)ccc(OCCS(=O)(=O)O)c%10CN%10C(=O)N(CN%11C(=O)N(CN%12C(=O)N(CN(C3=O)C12C)C4C%125)C6C%117)C8(C)C%109C.[Mg+2].[Mg+2].[Mg+2].[Mg+2]. The summed E-state index contributed by atoms with van der Waals surface area (Å²) >= 11 is 0. The predicted octanol–water partition coefficient (Wildman–Crippen LogP) is -3.31. The molecule has 0 radical (unpaired) electrons. The van der Waals surface area contributed by atoms with Gasteiger partial charge in [0.1, 0.15) is 112 Å². The second-order valence-electron chi connectivity index (χ2n) is 25.5. The van der Waals surface area contributed by atoms with Crippen LogP contribution >= 0.6 is 0 Å². The van der Waals surface area contributed by atoms with Gasteiger partial charge in [-0.05, 0) is 39.8 Å². The van der Waals surface area contributed by atoms with Crippen LogP contribution in [0.4, 0.5) is 38.4 Å². The van der Waals surface area contributed by atoms with Crippen molar-refractivity contribution in [2.75, 3.05) is 103 Å². The number of urea groups is 8. The number of rotatable bonds is 16. The van der Waals surface area contributed by atoms with E-state index in [1.54, 1.807) is 27.7 Å². The van der Waals surface area contributed by atoms with Crippen molar-refractivity contribution in [3.05, 3.63) is 45.9 Å². The molecule has 1 aromatic rings. The average molecular weight is 1500 g/mol. The molecule has 0 bridgehead atoms. The van der Waals surface area contributed by atoms with E-state index in [2.05, 4.69) is 0 Å².